The van der Waals surface area contributed by atoms with Gasteiger partial charge >= 0.3 is 5.69 Å². The predicted molar refractivity (Wildman–Crippen MR) is 112 cm³/mol. The van der Waals surface area contributed by atoms with Gasteiger partial charge in [0.1, 0.15) is 17.1 Å². The summed E-state index contributed by atoms with van der Waals surface area (Å²) >= 11 is 0. The summed E-state index contributed by atoms with van der Waals surface area (Å²) in [5.74, 6) is 0.403. The van der Waals surface area contributed by atoms with Gasteiger partial charge in [0, 0.05) is 26.2 Å². The molecule has 0 saturated carbocycles. The third kappa shape index (κ3) is 2.88. The fraction of sp³-hybridized carbons (Fsp3) is 0.227. The highest BCUT2D eigenvalue weighted by Crippen LogP contribution is 2.42. The van der Waals surface area contributed by atoms with Crippen LogP contribution in [0.4, 0.5) is 0 Å². The Balaban J connectivity index is 1.98. The lowest BCUT2D eigenvalue weighted by atomic mass is 9.98. The molecule has 3 aromatic rings. The highest BCUT2D eigenvalue weighted by molar-refractivity contribution is 6.01. The first kappa shape index (κ1) is 19.5. The van der Waals surface area contributed by atoms with Crippen LogP contribution in [0.2, 0.25) is 0 Å². The molecule has 1 unspecified atom stereocenters. The van der Waals surface area contributed by atoms with Crippen molar-refractivity contribution in [3.05, 3.63) is 91.6 Å². The third-order valence-electron chi connectivity index (χ3n) is 5.54. The molecule has 8 nitrogen and oxygen atoms in total. The smallest absolute Gasteiger partial charge is 0.333 e. The molecule has 30 heavy (non-hydrogen) atoms. The minimum atomic E-state index is -0.742. The van der Waals surface area contributed by atoms with Gasteiger partial charge in [0.2, 0.25) is 5.88 Å². The Morgan fingerprint density at radius 1 is 1.07 bits per heavy atom. The minimum Gasteiger partial charge on any atom is -0.497 e. The predicted octanol–water partition coefficient (Wildman–Crippen LogP) is 1.73. The average Bonchev–Trinajstić information content (AvgIpc) is 3.03. The van der Waals surface area contributed by atoms with Gasteiger partial charge in [-0.25, -0.2) is 4.79 Å². The van der Waals surface area contributed by atoms with E-state index in [4.69, 9.17) is 10.1 Å². The van der Waals surface area contributed by atoms with Crippen LogP contribution in [0, 0.1) is 5.41 Å². The molecule has 2 aromatic carbocycles. The quantitative estimate of drug-likeness (QED) is 0.687. The molecule has 1 atom stereocenters. The lowest BCUT2D eigenvalue weighted by Crippen LogP contribution is -2.41. The lowest BCUT2D eigenvalue weighted by molar-refractivity contribution is 0.332. The molecule has 0 aliphatic carbocycles. The second-order valence-electron chi connectivity index (χ2n) is 7.26. The molecule has 0 bridgehead atoms. The Morgan fingerprint density at radius 2 is 1.77 bits per heavy atom. The summed E-state index contributed by atoms with van der Waals surface area (Å²) in [6.07, 6.45) is 0. The number of benzene rings is 2. The molecule has 2 heterocycles. The molecule has 0 amide bonds. The van der Waals surface area contributed by atoms with Crippen LogP contribution in [0.15, 0.2) is 58.1 Å². The second kappa shape index (κ2) is 7.22. The van der Waals surface area contributed by atoms with E-state index in [0.29, 0.717) is 23.4 Å². The average molecular weight is 406 g/mol. The van der Waals surface area contributed by atoms with Gasteiger partial charge in [0.15, 0.2) is 0 Å². The largest absolute Gasteiger partial charge is 0.497 e. The summed E-state index contributed by atoms with van der Waals surface area (Å²) in [7, 11) is 4.33. The minimum absolute atomic E-state index is 0.0484. The van der Waals surface area contributed by atoms with Crippen molar-refractivity contribution in [2.45, 2.75) is 12.6 Å². The number of amidine groups is 1. The number of aromatic hydroxyl groups is 1. The first-order valence-corrected chi connectivity index (χ1v) is 9.41. The van der Waals surface area contributed by atoms with E-state index in [-0.39, 0.29) is 11.4 Å². The van der Waals surface area contributed by atoms with Crippen molar-refractivity contribution in [2.75, 3.05) is 7.11 Å². The van der Waals surface area contributed by atoms with Crippen molar-refractivity contribution in [2.24, 2.45) is 14.1 Å². The number of ether oxygens (including phenoxy) is 1. The Hall–Kier alpha value is -3.81. The van der Waals surface area contributed by atoms with E-state index in [1.807, 2.05) is 30.3 Å². The number of nitrogens with one attached hydrogen (secondary N) is 1. The van der Waals surface area contributed by atoms with Gasteiger partial charge in [-0.3, -0.25) is 19.3 Å². The Morgan fingerprint density at radius 3 is 2.43 bits per heavy atom. The molecule has 8 heteroatoms. The summed E-state index contributed by atoms with van der Waals surface area (Å²) in [5, 5.41) is 19.5. The van der Waals surface area contributed by atoms with Crippen LogP contribution in [0.1, 0.15) is 28.3 Å². The van der Waals surface area contributed by atoms with Crippen LogP contribution >= 0.6 is 0 Å². The van der Waals surface area contributed by atoms with E-state index < -0.39 is 23.2 Å². The van der Waals surface area contributed by atoms with E-state index in [0.717, 1.165) is 14.7 Å². The number of rotatable bonds is 4. The highest BCUT2D eigenvalue weighted by atomic mass is 16.5. The van der Waals surface area contributed by atoms with Crippen molar-refractivity contribution < 1.29 is 9.84 Å². The summed E-state index contributed by atoms with van der Waals surface area (Å²) in [5.41, 5.74) is 1.10. The van der Waals surface area contributed by atoms with Crippen molar-refractivity contribution in [3.63, 3.8) is 0 Å². The van der Waals surface area contributed by atoms with Crippen LogP contribution in [-0.2, 0) is 20.6 Å². The molecule has 0 radical (unpaired) electrons. The Kier molecular flexibility index (Phi) is 4.69. The van der Waals surface area contributed by atoms with Crippen molar-refractivity contribution in [1.82, 2.24) is 14.0 Å². The monoisotopic (exact) mass is 406 g/mol. The van der Waals surface area contributed by atoms with Crippen LogP contribution in [-0.4, -0.2) is 32.1 Å². The van der Waals surface area contributed by atoms with Crippen LogP contribution in [0.3, 0.4) is 0 Å². The van der Waals surface area contributed by atoms with E-state index in [1.54, 1.807) is 30.2 Å². The van der Waals surface area contributed by atoms with E-state index in [2.05, 4.69) is 0 Å². The SMILES string of the molecule is COc1ccc2c(c1)C(c1c(O)n(C)c(=O)n(C)c1=O)N(Cc1ccccc1)C2=N. The maximum absolute atomic E-state index is 13.1. The zero-order valence-corrected chi connectivity index (χ0v) is 16.9. The Labute approximate surface area is 172 Å². The summed E-state index contributed by atoms with van der Waals surface area (Å²) in [6.45, 7) is 0.354. The van der Waals surface area contributed by atoms with Gasteiger partial charge in [0.25, 0.3) is 5.56 Å². The molecule has 0 saturated heterocycles. The number of fused-ring (bicyclic) bond motifs is 1. The van der Waals surface area contributed by atoms with Crippen molar-refractivity contribution in [1.29, 1.82) is 5.41 Å². The number of methoxy groups -OCH3 is 1. The second-order valence-corrected chi connectivity index (χ2v) is 7.26. The molecule has 1 aliphatic rings. The first-order chi connectivity index (χ1) is 14.3. The van der Waals surface area contributed by atoms with Gasteiger partial charge in [-0.1, -0.05) is 30.3 Å². The molecule has 2 N–H and O–H groups in total. The van der Waals surface area contributed by atoms with Crippen LogP contribution in [0.5, 0.6) is 11.6 Å². The molecular formula is C22H22N4O4. The fourth-order valence-electron chi connectivity index (χ4n) is 3.92. The zero-order valence-electron chi connectivity index (χ0n) is 16.9. The molecule has 4 rings (SSSR count). The molecular weight excluding hydrogens is 384 g/mol. The molecule has 154 valence electrons. The number of hydrogen-bond donors (Lipinski definition) is 2. The molecule has 1 aliphatic heterocycles. The van der Waals surface area contributed by atoms with Gasteiger partial charge in [-0.2, -0.15) is 0 Å². The van der Waals surface area contributed by atoms with E-state index >= 15 is 0 Å². The number of hydrogen-bond acceptors (Lipinski definition) is 5. The zero-order chi connectivity index (χ0) is 21.6. The Bertz CT molecular complexity index is 1260. The molecule has 0 fully saturated rings. The van der Waals surface area contributed by atoms with E-state index in [1.165, 1.54) is 14.1 Å². The van der Waals surface area contributed by atoms with Crippen LogP contribution in [0.25, 0.3) is 0 Å². The van der Waals surface area contributed by atoms with Crippen molar-refractivity contribution in [3.8, 4) is 11.6 Å². The summed E-state index contributed by atoms with van der Waals surface area (Å²) < 4.78 is 7.36. The van der Waals surface area contributed by atoms with Gasteiger partial charge in [-0.05, 0) is 29.3 Å². The number of aromatic nitrogens is 2. The van der Waals surface area contributed by atoms with Gasteiger partial charge < -0.3 is 14.7 Å². The van der Waals surface area contributed by atoms with Crippen molar-refractivity contribution >= 4 is 5.84 Å². The van der Waals surface area contributed by atoms with Gasteiger partial charge in [0.05, 0.1) is 13.2 Å². The fourth-order valence-corrected chi connectivity index (χ4v) is 3.92. The first-order valence-electron chi connectivity index (χ1n) is 9.41. The lowest BCUT2D eigenvalue weighted by Gasteiger charge is -2.28. The molecule has 0 spiro atoms. The maximum atomic E-state index is 13.1. The highest BCUT2D eigenvalue weighted by Gasteiger charge is 2.39. The summed E-state index contributed by atoms with van der Waals surface area (Å²) in [4.78, 5) is 27.1. The standard InChI is InChI=1S/C22H22N4O4/c1-24-20(27)17(21(28)25(2)22(24)29)18-16-11-14(30-3)9-10-15(16)19(23)26(18)12-13-7-5-4-6-8-13/h4-11,18,23,27H,12H2,1-3H3. The van der Waals surface area contributed by atoms with Gasteiger partial charge in [-0.15, -0.1) is 0 Å². The third-order valence-corrected chi connectivity index (χ3v) is 5.54. The van der Waals surface area contributed by atoms with Crippen LogP contribution < -0.4 is 16.0 Å². The maximum Gasteiger partial charge on any atom is 0.333 e. The van der Waals surface area contributed by atoms with E-state index in [9.17, 15) is 14.7 Å². The normalized spacial score (nSPS) is 15.4. The number of nitrogens with zero attached hydrogens (tertiary/aromatic N) is 3. The summed E-state index contributed by atoms with van der Waals surface area (Å²) in [6, 6.07) is 14.2. The topological polar surface area (TPSA) is 101 Å². The molecule has 1 aromatic heterocycles.